The molecule has 31 heavy (non-hydrogen) atoms. The smallest absolute Gasteiger partial charge is 0.350 e. The van der Waals surface area contributed by atoms with Crippen LogP contribution in [0.2, 0.25) is 0 Å². The van der Waals surface area contributed by atoms with Crippen LogP contribution in [0.4, 0.5) is 5.69 Å². The second kappa shape index (κ2) is 10.0. The number of carbonyl (C=O) groups excluding carboxylic acids is 2. The first-order chi connectivity index (χ1) is 15.0. The molecule has 1 aromatic heterocycles. The van der Waals surface area contributed by atoms with Gasteiger partial charge in [0.2, 0.25) is 5.91 Å². The molecule has 0 unspecified atom stereocenters. The Hall–Kier alpha value is -1.44. The number of thiophene rings is 1. The molecule has 0 bridgehead atoms. The number of rotatable bonds is 4. The molecule has 1 aromatic rings. The highest BCUT2D eigenvalue weighted by atomic mass is 32.1. The van der Waals surface area contributed by atoms with E-state index in [1.807, 2.05) is 17.9 Å². The topological polar surface area (TPSA) is 65.1 Å². The van der Waals surface area contributed by atoms with Crippen LogP contribution in [0, 0.1) is 12.8 Å². The Balaban J connectivity index is 1.62. The number of carbonyl (C=O) groups is 2. The Bertz CT molecular complexity index is 767. The molecule has 3 fully saturated rings. The molecule has 0 N–H and O–H groups in total. The molecule has 4 rings (SSSR count). The normalized spacial score (nSPS) is 22.8. The van der Waals surface area contributed by atoms with E-state index < -0.39 is 5.79 Å². The van der Waals surface area contributed by atoms with Crippen molar-refractivity contribution in [3.63, 3.8) is 0 Å². The molecule has 172 valence electrons. The van der Waals surface area contributed by atoms with Gasteiger partial charge < -0.3 is 19.1 Å². The molecule has 1 aliphatic heterocycles. The van der Waals surface area contributed by atoms with Gasteiger partial charge in [-0.05, 0) is 38.7 Å². The average Bonchev–Trinajstić information content (AvgIpc) is 3.35. The van der Waals surface area contributed by atoms with Crippen LogP contribution < -0.4 is 4.90 Å². The zero-order chi connectivity index (χ0) is 21.8. The van der Waals surface area contributed by atoms with Gasteiger partial charge in [-0.25, -0.2) is 4.79 Å². The number of ether oxygens (including phenoxy) is 3. The first-order valence-electron chi connectivity index (χ1n) is 11.8. The molecule has 6 nitrogen and oxygen atoms in total. The van der Waals surface area contributed by atoms with E-state index in [1.54, 1.807) is 0 Å². The summed E-state index contributed by atoms with van der Waals surface area (Å²) in [6, 6.07) is 2.04. The van der Waals surface area contributed by atoms with Gasteiger partial charge in [0.15, 0.2) is 5.79 Å². The molecule has 2 aliphatic carbocycles. The van der Waals surface area contributed by atoms with E-state index in [2.05, 4.69) is 0 Å². The fourth-order valence-electron chi connectivity index (χ4n) is 5.40. The summed E-state index contributed by atoms with van der Waals surface area (Å²) < 4.78 is 16.9. The second-order valence-electron chi connectivity index (χ2n) is 9.15. The third-order valence-corrected chi connectivity index (χ3v) is 8.07. The van der Waals surface area contributed by atoms with Crippen molar-refractivity contribution in [2.24, 2.45) is 5.92 Å². The molecule has 2 saturated carbocycles. The summed E-state index contributed by atoms with van der Waals surface area (Å²) in [6.45, 7) is 3.27. The number of methoxy groups -OCH3 is 1. The first kappa shape index (κ1) is 22.7. The minimum Gasteiger partial charge on any atom is -0.465 e. The monoisotopic (exact) mass is 449 g/mol. The summed E-state index contributed by atoms with van der Waals surface area (Å²) in [5.74, 6) is -0.625. The van der Waals surface area contributed by atoms with Crippen molar-refractivity contribution >= 4 is 28.9 Å². The number of anilines is 1. The lowest BCUT2D eigenvalue weighted by Gasteiger charge is -2.41. The molecule has 1 saturated heterocycles. The van der Waals surface area contributed by atoms with E-state index in [0.717, 1.165) is 61.9 Å². The van der Waals surface area contributed by atoms with Gasteiger partial charge in [-0.3, -0.25) is 4.79 Å². The Kier molecular flexibility index (Phi) is 7.34. The third kappa shape index (κ3) is 4.99. The van der Waals surface area contributed by atoms with Crippen LogP contribution in [0.15, 0.2) is 6.07 Å². The van der Waals surface area contributed by atoms with Crippen LogP contribution in [0.3, 0.4) is 0 Å². The lowest BCUT2D eigenvalue weighted by molar-refractivity contribution is -0.179. The van der Waals surface area contributed by atoms with Crippen LogP contribution in [0.5, 0.6) is 0 Å². The van der Waals surface area contributed by atoms with Gasteiger partial charge in [0.1, 0.15) is 4.88 Å². The summed E-state index contributed by atoms with van der Waals surface area (Å²) in [5.41, 5.74) is 0.732. The van der Waals surface area contributed by atoms with Crippen molar-refractivity contribution in [1.82, 2.24) is 0 Å². The lowest BCUT2D eigenvalue weighted by Crippen LogP contribution is -2.49. The number of aryl methyl sites for hydroxylation is 1. The minimum atomic E-state index is -0.471. The number of nitrogens with zero attached hydrogens (tertiary/aromatic N) is 1. The molecule has 1 amide bonds. The predicted octanol–water partition coefficient (Wildman–Crippen LogP) is 5.22. The molecule has 0 atom stereocenters. The summed E-state index contributed by atoms with van der Waals surface area (Å²) in [4.78, 5) is 30.0. The van der Waals surface area contributed by atoms with E-state index in [4.69, 9.17) is 14.2 Å². The van der Waals surface area contributed by atoms with Crippen molar-refractivity contribution in [2.75, 3.05) is 25.2 Å². The van der Waals surface area contributed by atoms with Crippen molar-refractivity contribution in [3.8, 4) is 0 Å². The Morgan fingerprint density at radius 1 is 1.03 bits per heavy atom. The van der Waals surface area contributed by atoms with Crippen LogP contribution in [-0.2, 0) is 19.0 Å². The zero-order valence-electron chi connectivity index (χ0n) is 18.8. The van der Waals surface area contributed by atoms with E-state index in [0.29, 0.717) is 18.1 Å². The van der Waals surface area contributed by atoms with Crippen LogP contribution >= 0.6 is 11.3 Å². The van der Waals surface area contributed by atoms with Gasteiger partial charge in [-0.15, -0.1) is 11.3 Å². The minimum absolute atomic E-state index is 0.0286. The van der Waals surface area contributed by atoms with E-state index in [1.165, 1.54) is 37.7 Å². The molecule has 1 spiro atoms. The molecular formula is C24H35NO5S. The average molecular weight is 450 g/mol. The van der Waals surface area contributed by atoms with Gasteiger partial charge in [-0.2, -0.15) is 0 Å². The Morgan fingerprint density at radius 2 is 1.65 bits per heavy atom. The molecule has 2 heterocycles. The highest BCUT2D eigenvalue weighted by Gasteiger charge is 2.44. The van der Waals surface area contributed by atoms with Gasteiger partial charge in [0.05, 0.1) is 26.0 Å². The molecule has 7 heteroatoms. The summed E-state index contributed by atoms with van der Waals surface area (Å²) in [7, 11) is 1.40. The maximum atomic E-state index is 14.0. The quantitative estimate of drug-likeness (QED) is 0.590. The molecular weight excluding hydrogens is 414 g/mol. The van der Waals surface area contributed by atoms with Crippen molar-refractivity contribution in [2.45, 2.75) is 89.4 Å². The Labute approximate surface area is 189 Å². The van der Waals surface area contributed by atoms with Crippen molar-refractivity contribution < 1.29 is 23.8 Å². The van der Waals surface area contributed by atoms with E-state index >= 15 is 0 Å². The maximum absolute atomic E-state index is 14.0. The summed E-state index contributed by atoms with van der Waals surface area (Å²) >= 11 is 1.41. The van der Waals surface area contributed by atoms with Crippen LogP contribution in [-0.4, -0.2) is 44.0 Å². The molecule has 0 aromatic carbocycles. The highest BCUT2D eigenvalue weighted by molar-refractivity contribution is 7.14. The molecule has 3 aliphatic rings. The largest absolute Gasteiger partial charge is 0.465 e. The maximum Gasteiger partial charge on any atom is 0.350 e. The standard InChI is InChI=1S/C24H35NO5S/c1-17-16-20(21(31-17)23(27)28-2)25(22(26)18-8-6-4-3-5-7-9-18)19-10-12-24(13-11-19)29-14-15-30-24/h16,18-19H,3-15H2,1-2H3. The second-order valence-corrected chi connectivity index (χ2v) is 10.4. The summed E-state index contributed by atoms with van der Waals surface area (Å²) in [5, 5.41) is 0. The van der Waals surface area contributed by atoms with Crippen molar-refractivity contribution in [1.29, 1.82) is 0 Å². The SMILES string of the molecule is COC(=O)c1sc(C)cc1N(C(=O)C1CCCCCCC1)C1CCC2(CC1)OCCO2. The van der Waals surface area contributed by atoms with E-state index in [-0.39, 0.29) is 23.8 Å². The van der Waals surface area contributed by atoms with Gasteiger partial charge >= 0.3 is 5.97 Å². The lowest BCUT2D eigenvalue weighted by atomic mass is 9.86. The van der Waals surface area contributed by atoms with Crippen LogP contribution in [0.25, 0.3) is 0 Å². The summed E-state index contributed by atoms with van der Waals surface area (Å²) in [6.07, 6.45) is 11.0. The number of esters is 1. The Morgan fingerprint density at radius 3 is 2.26 bits per heavy atom. The fourth-order valence-corrected chi connectivity index (χ4v) is 6.32. The fraction of sp³-hybridized carbons (Fsp3) is 0.750. The molecule has 0 radical (unpaired) electrons. The van der Waals surface area contributed by atoms with Gasteiger partial charge in [0, 0.05) is 29.7 Å². The van der Waals surface area contributed by atoms with Gasteiger partial charge in [0.25, 0.3) is 0 Å². The highest BCUT2D eigenvalue weighted by Crippen LogP contribution is 2.42. The number of hydrogen-bond donors (Lipinski definition) is 0. The van der Waals surface area contributed by atoms with Gasteiger partial charge in [-0.1, -0.05) is 32.1 Å². The number of hydrogen-bond acceptors (Lipinski definition) is 6. The van der Waals surface area contributed by atoms with Crippen LogP contribution in [0.1, 0.15) is 85.2 Å². The number of amides is 1. The predicted molar refractivity (Wildman–Crippen MR) is 121 cm³/mol. The van der Waals surface area contributed by atoms with E-state index in [9.17, 15) is 9.59 Å². The zero-order valence-corrected chi connectivity index (χ0v) is 19.6. The van der Waals surface area contributed by atoms with Crippen molar-refractivity contribution in [3.05, 3.63) is 15.8 Å². The first-order valence-corrected chi connectivity index (χ1v) is 12.6. The third-order valence-electron chi connectivity index (χ3n) is 7.05.